The zero-order chi connectivity index (χ0) is 16.0. The third-order valence-electron chi connectivity index (χ3n) is 3.68. The van der Waals surface area contributed by atoms with Gasteiger partial charge in [0.05, 0.1) is 6.54 Å². The first-order chi connectivity index (χ1) is 10.5. The number of hydrogen-bond acceptors (Lipinski definition) is 4. The highest BCUT2D eigenvalue weighted by Gasteiger charge is 2.23. The lowest BCUT2D eigenvalue weighted by Crippen LogP contribution is -2.38. The van der Waals surface area contributed by atoms with Gasteiger partial charge in [0.25, 0.3) is 10.0 Å². The molecule has 122 valence electrons. The highest BCUT2D eigenvalue weighted by atomic mass is 32.2. The van der Waals surface area contributed by atoms with E-state index in [4.69, 9.17) is 0 Å². The quantitative estimate of drug-likeness (QED) is 0.774. The van der Waals surface area contributed by atoms with Crippen molar-refractivity contribution in [3.05, 3.63) is 29.2 Å². The summed E-state index contributed by atoms with van der Waals surface area (Å²) in [5.41, 5.74) is 1.39. The predicted octanol–water partition coefficient (Wildman–Crippen LogP) is 2.38. The molecule has 2 rings (SSSR count). The van der Waals surface area contributed by atoms with Crippen LogP contribution in [-0.2, 0) is 14.8 Å². The monoisotopic (exact) mass is 342 g/mol. The minimum absolute atomic E-state index is 0.153. The van der Waals surface area contributed by atoms with E-state index in [-0.39, 0.29) is 16.7 Å². The summed E-state index contributed by atoms with van der Waals surface area (Å²) in [6.07, 6.45) is 7.83. The molecule has 22 heavy (non-hydrogen) atoms. The van der Waals surface area contributed by atoms with Crippen molar-refractivity contribution in [2.45, 2.75) is 36.3 Å². The van der Waals surface area contributed by atoms with E-state index in [1.165, 1.54) is 25.5 Å². The number of rotatable bonds is 7. The molecule has 0 saturated heterocycles. The van der Waals surface area contributed by atoms with Gasteiger partial charge in [-0.1, -0.05) is 17.7 Å². The lowest BCUT2D eigenvalue weighted by atomic mass is 9.97. The third kappa shape index (κ3) is 4.66. The van der Waals surface area contributed by atoms with Crippen LogP contribution in [0.3, 0.4) is 0 Å². The Kier molecular flexibility index (Phi) is 6.16. The van der Waals surface area contributed by atoms with Crippen molar-refractivity contribution >= 4 is 27.3 Å². The summed E-state index contributed by atoms with van der Waals surface area (Å²) in [5, 5.41) is 4.50. The molecule has 7 heteroatoms. The zero-order valence-electron chi connectivity index (χ0n) is 12.7. The normalized spacial score (nSPS) is 15.6. The molecule has 1 aromatic rings. The second-order valence-electron chi connectivity index (χ2n) is 5.40. The van der Waals surface area contributed by atoms with Gasteiger partial charge in [-0.25, -0.2) is 8.42 Å². The summed E-state index contributed by atoms with van der Waals surface area (Å²) >= 11 is 1.15. The maximum absolute atomic E-state index is 12.2. The number of likely N-dealkylation sites (N-methyl/N-ethyl adjacent to an activating group) is 1. The Hall–Kier alpha value is -1.18. The van der Waals surface area contributed by atoms with Crippen LogP contribution in [0.5, 0.6) is 0 Å². The van der Waals surface area contributed by atoms with Crippen LogP contribution in [0.2, 0.25) is 0 Å². The summed E-state index contributed by atoms with van der Waals surface area (Å²) in [6, 6.07) is 3.23. The van der Waals surface area contributed by atoms with Crippen LogP contribution >= 0.6 is 11.3 Å². The second kappa shape index (κ2) is 7.89. The lowest BCUT2D eigenvalue weighted by molar-refractivity contribution is -0.121. The van der Waals surface area contributed by atoms with Crippen LogP contribution in [0.4, 0.5) is 0 Å². The smallest absolute Gasteiger partial charge is 0.252 e. The van der Waals surface area contributed by atoms with Crippen molar-refractivity contribution in [1.82, 2.24) is 9.62 Å². The molecule has 0 fully saturated rings. The van der Waals surface area contributed by atoms with Gasteiger partial charge in [-0.3, -0.25) is 4.79 Å². The van der Waals surface area contributed by atoms with E-state index in [2.05, 4.69) is 11.4 Å². The largest absolute Gasteiger partial charge is 0.355 e. The van der Waals surface area contributed by atoms with Gasteiger partial charge in [-0.15, -0.1) is 11.3 Å². The first kappa shape index (κ1) is 17.2. The van der Waals surface area contributed by atoms with Crippen molar-refractivity contribution in [2.24, 2.45) is 0 Å². The number of carbonyl (C=O) groups excluding carboxylic acids is 1. The molecular formula is C15H22N2O3S2. The average Bonchev–Trinajstić information content (AvgIpc) is 3.03. The van der Waals surface area contributed by atoms with Gasteiger partial charge in [0.2, 0.25) is 5.91 Å². The SMILES string of the molecule is CN(CC(=O)NCCC1=CCCCC1)S(=O)(=O)c1cccs1. The molecule has 1 aliphatic carbocycles. The Morgan fingerprint density at radius 3 is 2.86 bits per heavy atom. The number of amides is 1. The van der Waals surface area contributed by atoms with Gasteiger partial charge < -0.3 is 5.32 Å². The van der Waals surface area contributed by atoms with Crippen LogP contribution in [0.1, 0.15) is 32.1 Å². The molecule has 0 bridgehead atoms. The molecule has 1 N–H and O–H groups in total. The summed E-state index contributed by atoms with van der Waals surface area (Å²) < 4.78 is 25.7. The average molecular weight is 342 g/mol. The number of nitrogens with one attached hydrogen (secondary N) is 1. The molecule has 0 spiro atoms. The topological polar surface area (TPSA) is 66.5 Å². The van der Waals surface area contributed by atoms with Gasteiger partial charge in [0.1, 0.15) is 4.21 Å². The van der Waals surface area contributed by atoms with Crippen LogP contribution in [-0.4, -0.2) is 38.8 Å². The number of thiophene rings is 1. The summed E-state index contributed by atoms with van der Waals surface area (Å²) in [6.45, 7) is 0.414. The van der Waals surface area contributed by atoms with E-state index in [1.807, 2.05) is 0 Å². The molecule has 0 aliphatic heterocycles. The molecule has 1 heterocycles. The first-order valence-electron chi connectivity index (χ1n) is 7.44. The van der Waals surface area contributed by atoms with Crippen molar-refractivity contribution in [1.29, 1.82) is 0 Å². The van der Waals surface area contributed by atoms with E-state index in [9.17, 15) is 13.2 Å². The highest BCUT2D eigenvalue weighted by Crippen LogP contribution is 2.20. The summed E-state index contributed by atoms with van der Waals surface area (Å²) in [7, 11) is -2.13. The van der Waals surface area contributed by atoms with Gasteiger partial charge in [-0.05, 0) is 43.6 Å². The maximum atomic E-state index is 12.2. The molecule has 5 nitrogen and oxygen atoms in total. The minimum Gasteiger partial charge on any atom is -0.355 e. The lowest BCUT2D eigenvalue weighted by Gasteiger charge is -2.16. The number of carbonyl (C=O) groups is 1. The standard InChI is InChI=1S/C15H22N2O3S2/c1-17(22(19,20)15-8-5-11-21-15)12-14(18)16-10-9-13-6-3-2-4-7-13/h5-6,8,11H,2-4,7,9-10,12H2,1H3,(H,16,18). The Balaban J connectivity index is 1.78. The van der Waals surface area contributed by atoms with Gasteiger partial charge in [-0.2, -0.15) is 4.31 Å². The molecule has 1 aliphatic rings. The zero-order valence-corrected chi connectivity index (χ0v) is 14.4. The third-order valence-corrected chi connectivity index (χ3v) is 6.86. The fourth-order valence-electron chi connectivity index (χ4n) is 2.40. The number of sulfonamides is 1. The van der Waals surface area contributed by atoms with Crippen molar-refractivity contribution in [3.63, 3.8) is 0 Å². The van der Waals surface area contributed by atoms with Gasteiger partial charge in [0, 0.05) is 13.6 Å². The van der Waals surface area contributed by atoms with Crippen molar-refractivity contribution < 1.29 is 13.2 Å². The predicted molar refractivity (Wildman–Crippen MR) is 88.3 cm³/mol. The Morgan fingerprint density at radius 1 is 1.41 bits per heavy atom. The van der Waals surface area contributed by atoms with Crippen LogP contribution < -0.4 is 5.32 Å². The van der Waals surface area contributed by atoms with Gasteiger partial charge >= 0.3 is 0 Å². The van der Waals surface area contributed by atoms with Crippen molar-refractivity contribution in [2.75, 3.05) is 20.1 Å². The molecular weight excluding hydrogens is 320 g/mol. The van der Waals surface area contributed by atoms with Gasteiger partial charge in [0.15, 0.2) is 0 Å². The highest BCUT2D eigenvalue weighted by molar-refractivity contribution is 7.91. The number of allylic oxidation sites excluding steroid dienone is 1. The van der Waals surface area contributed by atoms with E-state index in [1.54, 1.807) is 17.5 Å². The Labute approximate surface area is 136 Å². The second-order valence-corrected chi connectivity index (χ2v) is 8.62. The number of hydrogen-bond donors (Lipinski definition) is 1. The molecule has 0 unspecified atom stereocenters. The molecule has 1 aromatic heterocycles. The Bertz CT molecular complexity index is 621. The van der Waals surface area contributed by atoms with E-state index in [0.29, 0.717) is 6.54 Å². The molecule has 0 atom stereocenters. The van der Waals surface area contributed by atoms with Crippen LogP contribution in [0.25, 0.3) is 0 Å². The van der Waals surface area contributed by atoms with Crippen LogP contribution in [0, 0.1) is 0 Å². The van der Waals surface area contributed by atoms with E-state index < -0.39 is 10.0 Å². The summed E-state index contributed by atoms with van der Waals surface area (Å²) in [4.78, 5) is 11.9. The molecule has 0 saturated carbocycles. The first-order valence-corrected chi connectivity index (χ1v) is 9.76. The van der Waals surface area contributed by atoms with Crippen LogP contribution in [0.15, 0.2) is 33.4 Å². The molecule has 0 radical (unpaired) electrons. The summed E-state index contributed by atoms with van der Waals surface area (Å²) in [5.74, 6) is -0.265. The minimum atomic E-state index is -3.56. The fourth-order valence-corrected chi connectivity index (χ4v) is 4.73. The van der Waals surface area contributed by atoms with E-state index in [0.717, 1.165) is 34.9 Å². The maximum Gasteiger partial charge on any atom is 0.252 e. The van der Waals surface area contributed by atoms with Crippen molar-refractivity contribution in [3.8, 4) is 0 Å². The Morgan fingerprint density at radius 2 is 2.23 bits per heavy atom. The van der Waals surface area contributed by atoms with E-state index >= 15 is 0 Å². The molecule has 0 aromatic carbocycles. The number of nitrogens with zero attached hydrogens (tertiary/aromatic N) is 1. The molecule has 1 amide bonds. The fraction of sp³-hybridized carbons (Fsp3) is 0.533.